The molecule has 2 heteroatoms. The highest BCUT2D eigenvalue weighted by Gasteiger charge is 2.14. The quantitative estimate of drug-likeness (QED) is 0.541. The van der Waals surface area contributed by atoms with Crippen LogP contribution < -0.4 is 0 Å². The van der Waals surface area contributed by atoms with Crippen molar-refractivity contribution in [3.05, 3.63) is 0 Å². The molecule has 0 aromatic rings. The number of rotatable bonds is 0. The molecule has 0 unspecified atom stereocenters. The van der Waals surface area contributed by atoms with Crippen molar-refractivity contribution in [2.24, 2.45) is 0 Å². The van der Waals surface area contributed by atoms with Crippen molar-refractivity contribution < 1.29 is 9.50 Å². The molecule has 0 spiro atoms. The molecule has 1 nitrogen and oxygen atoms in total. The average Bonchev–Trinajstić information content (AvgIpc) is 1.93. The molecule has 0 atom stereocenters. The second kappa shape index (κ2) is 10.8. The van der Waals surface area contributed by atoms with E-state index < -0.39 is 6.17 Å². The lowest BCUT2D eigenvalue weighted by Gasteiger charge is -2.14. The molecule has 1 saturated carbocycles. The molecule has 0 bridgehead atoms. The van der Waals surface area contributed by atoms with Gasteiger partial charge in [-0.2, -0.15) is 0 Å². The zero-order valence-electron chi connectivity index (χ0n) is 6.52. The van der Waals surface area contributed by atoms with Crippen LogP contribution in [0.5, 0.6) is 0 Å². The van der Waals surface area contributed by atoms with E-state index in [0.717, 1.165) is 26.4 Å². The van der Waals surface area contributed by atoms with Crippen LogP contribution >= 0.6 is 0 Å². The van der Waals surface area contributed by atoms with E-state index >= 15 is 0 Å². The van der Waals surface area contributed by atoms with Gasteiger partial charge in [0.2, 0.25) is 0 Å². The summed E-state index contributed by atoms with van der Waals surface area (Å²) in [5.41, 5.74) is 0. The molecule has 0 radical (unpaired) electrons. The van der Waals surface area contributed by atoms with Gasteiger partial charge in [-0.15, -0.1) is 0 Å². The van der Waals surface area contributed by atoms with Crippen molar-refractivity contribution in [2.75, 3.05) is 7.11 Å². The van der Waals surface area contributed by atoms with Gasteiger partial charge < -0.3 is 5.11 Å². The Morgan fingerprint density at radius 3 is 1.44 bits per heavy atom. The Hall–Kier alpha value is -0.110. The molecule has 0 aromatic heterocycles. The number of alkyl halides is 1. The van der Waals surface area contributed by atoms with Gasteiger partial charge in [-0.1, -0.05) is 13.8 Å². The molecule has 1 fully saturated rings. The lowest BCUT2D eigenvalue weighted by molar-refractivity contribution is 0.211. The Morgan fingerprint density at radius 1 is 1.22 bits per heavy atom. The molecule has 0 aromatic carbocycles. The molecule has 58 valence electrons. The molecule has 1 rings (SSSR count). The van der Waals surface area contributed by atoms with Gasteiger partial charge in [0.15, 0.2) is 0 Å². The number of hydrogen-bond acceptors (Lipinski definition) is 1. The Kier molecular flexibility index (Phi) is 14.0. The first-order valence-corrected chi connectivity index (χ1v) is 3.48. The average molecular weight is 136 g/mol. The van der Waals surface area contributed by atoms with Crippen LogP contribution in [-0.4, -0.2) is 18.4 Å². The monoisotopic (exact) mass is 136 g/mol. The van der Waals surface area contributed by atoms with Crippen LogP contribution in [0.4, 0.5) is 4.39 Å². The summed E-state index contributed by atoms with van der Waals surface area (Å²) in [6.45, 7) is 4.00. The van der Waals surface area contributed by atoms with Crippen molar-refractivity contribution in [3.8, 4) is 0 Å². The van der Waals surface area contributed by atoms with Crippen molar-refractivity contribution in [1.82, 2.24) is 0 Å². The van der Waals surface area contributed by atoms with Crippen molar-refractivity contribution in [2.45, 2.75) is 39.3 Å². The summed E-state index contributed by atoms with van der Waals surface area (Å²) in [5.74, 6) is 0. The van der Waals surface area contributed by atoms with E-state index in [0.29, 0.717) is 0 Å². The maximum Gasteiger partial charge on any atom is 0.100 e. The highest BCUT2D eigenvalue weighted by Crippen LogP contribution is 2.20. The fraction of sp³-hybridized carbons (Fsp3) is 1.00. The van der Waals surface area contributed by atoms with Gasteiger partial charge in [0.05, 0.1) is 0 Å². The van der Waals surface area contributed by atoms with E-state index in [4.69, 9.17) is 5.11 Å². The first kappa shape index (κ1) is 11.7. The van der Waals surface area contributed by atoms with Crippen LogP contribution in [0.15, 0.2) is 0 Å². The van der Waals surface area contributed by atoms with Crippen molar-refractivity contribution >= 4 is 0 Å². The van der Waals surface area contributed by atoms with Crippen LogP contribution in [0.3, 0.4) is 0 Å². The highest BCUT2D eigenvalue weighted by molar-refractivity contribution is 4.65. The Morgan fingerprint density at radius 2 is 1.44 bits per heavy atom. The lowest BCUT2D eigenvalue weighted by atomic mass is 9.98. The first-order chi connectivity index (χ1) is 4.39. The second-order valence-corrected chi connectivity index (χ2v) is 1.53. The van der Waals surface area contributed by atoms with E-state index in [1.54, 1.807) is 0 Å². The summed E-state index contributed by atoms with van der Waals surface area (Å²) in [4.78, 5) is 0. The molecule has 1 N–H and O–H groups in total. The van der Waals surface area contributed by atoms with Gasteiger partial charge in [0, 0.05) is 7.11 Å². The van der Waals surface area contributed by atoms with Crippen molar-refractivity contribution in [1.29, 1.82) is 0 Å². The van der Waals surface area contributed by atoms with E-state index in [1.807, 2.05) is 13.8 Å². The van der Waals surface area contributed by atoms with Crippen LogP contribution in [-0.2, 0) is 0 Å². The molecule has 0 amide bonds. The van der Waals surface area contributed by atoms with Gasteiger partial charge >= 0.3 is 0 Å². The number of hydrogen-bond donors (Lipinski definition) is 1. The third-order valence-electron chi connectivity index (χ3n) is 1.03. The number of halogens is 1. The molecule has 1 aliphatic carbocycles. The molecule has 9 heavy (non-hydrogen) atoms. The molecule has 1 aliphatic rings. The minimum Gasteiger partial charge on any atom is -0.400 e. The fourth-order valence-electron chi connectivity index (χ4n) is 0.358. The van der Waals surface area contributed by atoms with E-state index in [9.17, 15) is 4.39 Å². The maximum absolute atomic E-state index is 11.5. The van der Waals surface area contributed by atoms with Crippen LogP contribution in [0.2, 0.25) is 0 Å². The van der Waals surface area contributed by atoms with Gasteiger partial charge in [-0.3, -0.25) is 0 Å². The Labute approximate surface area is 56.9 Å². The van der Waals surface area contributed by atoms with Gasteiger partial charge in [0.25, 0.3) is 0 Å². The Bertz CT molecular complexity index is 35.9. The molecule has 0 saturated heterocycles. The first-order valence-electron chi connectivity index (χ1n) is 3.48. The van der Waals surface area contributed by atoms with Crippen LogP contribution in [0.1, 0.15) is 33.1 Å². The number of aliphatic hydroxyl groups excluding tert-OH is 1. The summed E-state index contributed by atoms with van der Waals surface area (Å²) >= 11 is 0. The zero-order chi connectivity index (χ0) is 7.70. The van der Waals surface area contributed by atoms with Gasteiger partial charge in [-0.05, 0) is 19.3 Å². The SMILES string of the molecule is CC.CO.FC1CCC1. The summed E-state index contributed by atoms with van der Waals surface area (Å²) in [6.07, 6.45) is 2.32. The van der Waals surface area contributed by atoms with Crippen molar-refractivity contribution in [3.63, 3.8) is 0 Å². The van der Waals surface area contributed by atoms with E-state index in [2.05, 4.69) is 0 Å². The number of aliphatic hydroxyl groups is 1. The predicted octanol–water partition coefficient (Wildman–Crippen LogP) is 2.14. The molecular formula is C7H17FO. The third-order valence-corrected chi connectivity index (χ3v) is 1.03. The van der Waals surface area contributed by atoms with Gasteiger partial charge in [-0.25, -0.2) is 4.39 Å². The molecule has 0 aliphatic heterocycles. The fourth-order valence-corrected chi connectivity index (χ4v) is 0.358. The van der Waals surface area contributed by atoms with Crippen LogP contribution in [0.25, 0.3) is 0 Å². The predicted molar refractivity (Wildman–Crippen MR) is 38.2 cm³/mol. The normalized spacial score (nSPS) is 15.7. The standard InChI is InChI=1S/C4H7F.C2H6.CH4O/c5-4-2-1-3-4;2*1-2/h4H,1-3H2;1-2H3;2H,1H3. The maximum atomic E-state index is 11.5. The largest absolute Gasteiger partial charge is 0.400 e. The Balaban J connectivity index is 0. The third kappa shape index (κ3) is 7.89. The highest BCUT2D eigenvalue weighted by atomic mass is 19.1. The minimum absolute atomic E-state index is 0.435. The topological polar surface area (TPSA) is 20.2 Å². The summed E-state index contributed by atoms with van der Waals surface area (Å²) < 4.78 is 11.5. The van der Waals surface area contributed by atoms with Gasteiger partial charge in [0.1, 0.15) is 6.17 Å². The summed E-state index contributed by atoms with van der Waals surface area (Å²) in [5, 5.41) is 7.00. The zero-order valence-corrected chi connectivity index (χ0v) is 6.52. The van der Waals surface area contributed by atoms with E-state index in [1.165, 1.54) is 0 Å². The smallest absolute Gasteiger partial charge is 0.100 e. The lowest BCUT2D eigenvalue weighted by Crippen LogP contribution is -2.09. The summed E-state index contributed by atoms with van der Waals surface area (Å²) in [7, 11) is 1.00. The second-order valence-electron chi connectivity index (χ2n) is 1.53. The summed E-state index contributed by atoms with van der Waals surface area (Å²) in [6, 6.07) is 0. The van der Waals surface area contributed by atoms with Crippen LogP contribution in [0, 0.1) is 0 Å². The van der Waals surface area contributed by atoms with E-state index in [-0.39, 0.29) is 0 Å². The molecule has 0 heterocycles. The minimum atomic E-state index is -0.435. The molecular weight excluding hydrogens is 119 g/mol.